The highest BCUT2D eigenvalue weighted by Gasteiger charge is 2.41. The number of methoxy groups -OCH3 is 1. The number of halogens is 2. The van der Waals surface area contributed by atoms with E-state index in [-0.39, 0.29) is 29.8 Å². The third-order valence-corrected chi connectivity index (χ3v) is 4.64. The maximum Gasteiger partial charge on any atom is 0.191 e. The lowest BCUT2D eigenvalue weighted by atomic mass is 10.0. The van der Waals surface area contributed by atoms with Crippen molar-refractivity contribution in [2.24, 2.45) is 10.4 Å². The highest BCUT2D eigenvalue weighted by atomic mass is 127. The van der Waals surface area contributed by atoms with Crippen molar-refractivity contribution in [1.29, 1.82) is 0 Å². The minimum absolute atomic E-state index is 0. The van der Waals surface area contributed by atoms with Crippen LogP contribution in [0.4, 0.5) is 4.39 Å². The number of hydrogen-bond acceptors (Lipinski definition) is 2. The summed E-state index contributed by atoms with van der Waals surface area (Å²) in [7, 11) is 3.54. The Hall–Kier alpha value is -0.890. The molecule has 1 aliphatic rings. The first kappa shape index (κ1) is 21.2. The molecule has 24 heavy (non-hydrogen) atoms. The third-order valence-electron chi connectivity index (χ3n) is 4.64. The van der Waals surface area contributed by atoms with Gasteiger partial charge in [-0.25, -0.2) is 4.39 Å². The van der Waals surface area contributed by atoms with E-state index in [0.717, 1.165) is 49.6 Å². The SMILES string of the molecule is CN=C(NCCc1ccc(F)cc1C)NCC1(CCOC)CC1.I. The number of nitrogens with zero attached hydrogens (tertiary/aromatic N) is 1. The zero-order valence-electron chi connectivity index (χ0n) is 14.8. The van der Waals surface area contributed by atoms with Gasteiger partial charge in [-0.3, -0.25) is 4.99 Å². The largest absolute Gasteiger partial charge is 0.385 e. The molecule has 0 radical (unpaired) electrons. The Balaban J connectivity index is 0.00000288. The number of guanidine groups is 1. The van der Waals surface area contributed by atoms with Crippen LogP contribution in [0.5, 0.6) is 0 Å². The lowest BCUT2D eigenvalue weighted by molar-refractivity contribution is 0.172. The highest BCUT2D eigenvalue weighted by Crippen LogP contribution is 2.48. The Bertz CT molecular complexity index is 547. The van der Waals surface area contributed by atoms with Crippen molar-refractivity contribution in [3.05, 3.63) is 35.1 Å². The molecule has 0 unspecified atom stereocenters. The number of aliphatic imine (C=N–C) groups is 1. The van der Waals surface area contributed by atoms with E-state index >= 15 is 0 Å². The van der Waals surface area contributed by atoms with Crippen LogP contribution >= 0.6 is 24.0 Å². The highest BCUT2D eigenvalue weighted by molar-refractivity contribution is 14.0. The summed E-state index contributed by atoms with van der Waals surface area (Å²) in [5.74, 6) is 0.649. The predicted molar refractivity (Wildman–Crippen MR) is 108 cm³/mol. The quantitative estimate of drug-likeness (QED) is 0.364. The summed E-state index contributed by atoms with van der Waals surface area (Å²) in [6.07, 6.45) is 4.47. The zero-order valence-corrected chi connectivity index (χ0v) is 17.2. The summed E-state index contributed by atoms with van der Waals surface area (Å²) in [4.78, 5) is 4.27. The van der Waals surface area contributed by atoms with Crippen molar-refractivity contribution in [3.63, 3.8) is 0 Å². The van der Waals surface area contributed by atoms with Crippen LogP contribution in [0.2, 0.25) is 0 Å². The second-order valence-corrected chi connectivity index (χ2v) is 6.42. The number of hydrogen-bond donors (Lipinski definition) is 2. The van der Waals surface area contributed by atoms with Gasteiger partial charge in [0.2, 0.25) is 0 Å². The van der Waals surface area contributed by atoms with E-state index in [1.54, 1.807) is 20.2 Å². The van der Waals surface area contributed by atoms with E-state index < -0.39 is 0 Å². The van der Waals surface area contributed by atoms with E-state index in [4.69, 9.17) is 4.74 Å². The molecule has 0 amide bonds. The lowest BCUT2D eigenvalue weighted by Gasteiger charge is -2.18. The molecule has 0 heterocycles. The van der Waals surface area contributed by atoms with Gasteiger partial charge in [-0.2, -0.15) is 0 Å². The van der Waals surface area contributed by atoms with Gasteiger partial charge < -0.3 is 15.4 Å². The fourth-order valence-electron chi connectivity index (χ4n) is 2.76. The van der Waals surface area contributed by atoms with Crippen LogP contribution in [-0.4, -0.2) is 39.8 Å². The normalized spacial score (nSPS) is 15.6. The molecule has 1 aromatic rings. The van der Waals surface area contributed by atoms with Crippen LogP contribution in [0, 0.1) is 18.2 Å². The summed E-state index contributed by atoms with van der Waals surface area (Å²) in [6, 6.07) is 4.95. The Morgan fingerprint density at radius 1 is 1.33 bits per heavy atom. The van der Waals surface area contributed by atoms with Gasteiger partial charge in [0.1, 0.15) is 5.82 Å². The molecule has 0 atom stereocenters. The van der Waals surface area contributed by atoms with Crippen molar-refractivity contribution < 1.29 is 9.13 Å². The Kier molecular flexibility index (Phi) is 8.97. The second kappa shape index (κ2) is 10.2. The molecular weight excluding hydrogens is 420 g/mol. The Morgan fingerprint density at radius 2 is 2.08 bits per heavy atom. The fourth-order valence-corrected chi connectivity index (χ4v) is 2.76. The molecule has 0 aromatic heterocycles. The van der Waals surface area contributed by atoms with Crippen molar-refractivity contribution >= 4 is 29.9 Å². The molecule has 1 saturated carbocycles. The van der Waals surface area contributed by atoms with E-state index in [1.165, 1.54) is 18.9 Å². The number of aryl methyl sites for hydroxylation is 1. The monoisotopic (exact) mass is 449 g/mol. The van der Waals surface area contributed by atoms with E-state index in [2.05, 4.69) is 15.6 Å². The maximum atomic E-state index is 13.1. The van der Waals surface area contributed by atoms with E-state index in [1.807, 2.05) is 13.0 Å². The molecule has 0 aliphatic heterocycles. The predicted octanol–water partition coefficient (Wildman–Crippen LogP) is 3.28. The summed E-state index contributed by atoms with van der Waals surface area (Å²) in [5, 5.41) is 6.74. The molecule has 1 fully saturated rings. The summed E-state index contributed by atoms with van der Waals surface area (Å²) < 4.78 is 18.3. The van der Waals surface area contributed by atoms with Crippen LogP contribution < -0.4 is 10.6 Å². The molecule has 2 N–H and O–H groups in total. The Labute approximate surface area is 161 Å². The molecule has 4 nitrogen and oxygen atoms in total. The van der Waals surface area contributed by atoms with Crippen LogP contribution in [0.3, 0.4) is 0 Å². The molecule has 1 aromatic carbocycles. The first-order chi connectivity index (χ1) is 11.1. The number of nitrogens with one attached hydrogen (secondary N) is 2. The van der Waals surface area contributed by atoms with Gasteiger partial charge in [0.15, 0.2) is 5.96 Å². The van der Waals surface area contributed by atoms with Crippen LogP contribution in [0.15, 0.2) is 23.2 Å². The summed E-state index contributed by atoms with van der Waals surface area (Å²) >= 11 is 0. The topological polar surface area (TPSA) is 45.7 Å². The molecule has 1 aliphatic carbocycles. The molecule has 2 rings (SSSR count). The van der Waals surface area contributed by atoms with Gasteiger partial charge in [0.25, 0.3) is 0 Å². The minimum atomic E-state index is -0.178. The zero-order chi connectivity index (χ0) is 16.7. The van der Waals surface area contributed by atoms with Crippen LogP contribution in [-0.2, 0) is 11.2 Å². The summed E-state index contributed by atoms with van der Waals surface area (Å²) in [5.41, 5.74) is 2.54. The average Bonchev–Trinajstić information content (AvgIpc) is 3.31. The number of ether oxygens (including phenoxy) is 1. The van der Waals surface area contributed by atoms with Gasteiger partial charge in [-0.05, 0) is 61.3 Å². The molecule has 0 saturated heterocycles. The average molecular weight is 449 g/mol. The minimum Gasteiger partial charge on any atom is -0.385 e. The van der Waals surface area contributed by atoms with Gasteiger partial charge in [0, 0.05) is 33.9 Å². The number of rotatable bonds is 8. The van der Waals surface area contributed by atoms with Gasteiger partial charge in [-0.1, -0.05) is 6.07 Å². The van der Waals surface area contributed by atoms with Crippen LogP contribution in [0.1, 0.15) is 30.4 Å². The molecule has 0 spiro atoms. The summed E-state index contributed by atoms with van der Waals surface area (Å²) in [6.45, 7) is 4.47. The molecular formula is C18H29FIN3O. The van der Waals surface area contributed by atoms with Crippen molar-refractivity contribution in [2.45, 2.75) is 32.6 Å². The third kappa shape index (κ3) is 6.55. The van der Waals surface area contributed by atoms with Crippen molar-refractivity contribution in [1.82, 2.24) is 10.6 Å². The molecule has 6 heteroatoms. The molecule has 136 valence electrons. The van der Waals surface area contributed by atoms with E-state index in [9.17, 15) is 4.39 Å². The first-order valence-electron chi connectivity index (χ1n) is 8.27. The van der Waals surface area contributed by atoms with E-state index in [0.29, 0.717) is 5.41 Å². The van der Waals surface area contributed by atoms with Crippen molar-refractivity contribution in [3.8, 4) is 0 Å². The maximum absolute atomic E-state index is 13.1. The van der Waals surface area contributed by atoms with Crippen LogP contribution in [0.25, 0.3) is 0 Å². The molecule has 0 bridgehead atoms. The van der Waals surface area contributed by atoms with Gasteiger partial charge in [0.05, 0.1) is 0 Å². The van der Waals surface area contributed by atoms with Gasteiger partial charge in [-0.15, -0.1) is 24.0 Å². The first-order valence-corrected chi connectivity index (χ1v) is 8.27. The Morgan fingerprint density at radius 3 is 2.67 bits per heavy atom. The smallest absolute Gasteiger partial charge is 0.191 e. The number of benzene rings is 1. The van der Waals surface area contributed by atoms with Gasteiger partial charge >= 0.3 is 0 Å². The standard InChI is InChI=1S/C18H28FN3O.HI/c1-14-12-16(19)5-4-15(14)6-10-21-17(20-2)22-13-18(7-8-18)9-11-23-3;/h4-5,12H,6-11,13H2,1-3H3,(H2,20,21,22);1H. The second-order valence-electron chi connectivity index (χ2n) is 6.42. The van der Waals surface area contributed by atoms with Crippen molar-refractivity contribution in [2.75, 3.05) is 33.9 Å². The lowest BCUT2D eigenvalue weighted by Crippen LogP contribution is -2.41. The fraction of sp³-hybridized carbons (Fsp3) is 0.611.